The smallest absolute Gasteiger partial charge is 0.339 e. The topological polar surface area (TPSA) is 92.7 Å². The summed E-state index contributed by atoms with van der Waals surface area (Å²) in [6.07, 6.45) is 2.13. The first-order valence-corrected chi connectivity index (χ1v) is 10.0. The molecule has 1 unspecified atom stereocenters. The van der Waals surface area contributed by atoms with Gasteiger partial charge in [0.15, 0.2) is 0 Å². The van der Waals surface area contributed by atoms with Crippen molar-refractivity contribution in [3.8, 4) is 11.1 Å². The van der Waals surface area contributed by atoms with Crippen molar-refractivity contribution in [3.63, 3.8) is 0 Å². The van der Waals surface area contributed by atoms with Gasteiger partial charge in [0.1, 0.15) is 11.2 Å². The Hall–Kier alpha value is -3.38. The van der Waals surface area contributed by atoms with Gasteiger partial charge in [0.2, 0.25) is 5.91 Å². The van der Waals surface area contributed by atoms with Crippen molar-refractivity contribution in [1.29, 1.82) is 0 Å². The van der Waals surface area contributed by atoms with Crippen molar-refractivity contribution in [2.24, 2.45) is 0 Å². The largest absolute Gasteiger partial charge is 0.464 e. The van der Waals surface area contributed by atoms with Crippen LogP contribution in [0.25, 0.3) is 33.1 Å². The third kappa shape index (κ3) is 4.14. The van der Waals surface area contributed by atoms with E-state index in [0.717, 1.165) is 21.9 Å². The van der Waals surface area contributed by atoms with Crippen LogP contribution in [0.1, 0.15) is 25.3 Å². The van der Waals surface area contributed by atoms with Gasteiger partial charge in [-0.3, -0.25) is 4.79 Å². The van der Waals surface area contributed by atoms with E-state index >= 15 is 0 Å². The van der Waals surface area contributed by atoms with Gasteiger partial charge in [0.25, 0.3) is 0 Å². The minimum Gasteiger partial charge on any atom is -0.464 e. The third-order valence-corrected chi connectivity index (χ3v) is 5.21. The molecule has 4 aromatic rings. The highest BCUT2D eigenvalue weighted by molar-refractivity contribution is 6.01. The zero-order chi connectivity index (χ0) is 21.1. The van der Waals surface area contributed by atoms with E-state index in [1.807, 2.05) is 43.3 Å². The first-order chi connectivity index (χ1) is 14.5. The van der Waals surface area contributed by atoms with Crippen LogP contribution in [-0.4, -0.2) is 23.7 Å². The summed E-state index contributed by atoms with van der Waals surface area (Å²) in [4.78, 5) is 24.3. The quantitative estimate of drug-likeness (QED) is 0.453. The zero-order valence-corrected chi connectivity index (χ0v) is 16.7. The van der Waals surface area contributed by atoms with Crippen molar-refractivity contribution in [3.05, 3.63) is 70.8 Å². The molecule has 1 atom stereocenters. The van der Waals surface area contributed by atoms with Crippen molar-refractivity contribution < 1.29 is 18.7 Å². The molecule has 0 aliphatic carbocycles. The maximum absolute atomic E-state index is 12.4. The molecule has 2 heterocycles. The molecule has 2 aromatic heterocycles. The average molecular weight is 405 g/mol. The number of furan rings is 1. The minimum atomic E-state index is -0.559. The van der Waals surface area contributed by atoms with Crippen LogP contribution in [0.15, 0.2) is 68.4 Å². The Bertz CT molecular complexity index is 1240. The van der Waals surface area contributed by atoms with Crippen molar-refractivity contribution >= 4 is 27.8 Å². The van der Waals surface area contributed by atoms with Crippen LogP contribution in [0, 0.1) is 0 Å². The minimum absolute atomic E-state index is 0.149. The highest BCUT2D eigenvalue weighted by Crippen LogP contribution is 2.33. The van der Waals surface area contributed by atoms with E-state index in [-0.39, 0.29) is 25.3 Å². The van der Waals surface area contributed by atoms with Gasteiger partial charge in [-0.25, -0.2) is 4.79 Å². The Morgan fingerprint density at radius 1 is 1.13 bits per heavy atom. The van der Waals surface area contributed by atoms with Gasteiger partial charge in [-0.15, -0.1) is 0 Å². The summed E-state index contributed by atoms with van der Waals surface area (Å²) in [5.41, 5.74) is 3.08. The Morgan fingerprint density at radius 2 is 1.93 bits per heavy atom. The molecular weight excluding hydrogens is 382 g/mol. The van der Waals surface area contributed by atoms with Gasteiger partial charge < -0.3 is 19.3 Å². The molecule has 0 saturated heterocycles. The van der Waals surface area contributed by atoms with Crippen molar-refractivity contribution in [1.82, 2.24) is 5.32 Å². The van der Waals surface area contributed by atoms with Crippen LogP contribution in [-0.2, 0) is 11.2 Å². The number of nitrogens with one attached hydrogen (secondary N) is 1. The van der Waals surface area contributed by atoms with E-state index in [9.17, 15) is 14.7 Å². The third-order valence-electron chi connectivity index (χ3n) is 5.21. The molecule has 0 saturated carbocycles. The van der Waals surface area contributed by atoms with E-state index in [1.165, 1.54) is 0 Å². The summed E-state index contributed by atoms with van der Waals surface area (Å²) in [5.74, 6) is -0.210. The summed E-state index contributed by atoms with van der Waals surface area (Å²) >= 11 is 0. The van der Waals surface area contributed by atoms with Crippen LogP contribution < -0.4 is 10.9 Å². The number of fused-ring (bicyclic) bond motifs is 2. The normalized spacial score (nSPS) is 12.3. The molecule has 6 heteroatoms. The fourth-order valence-corrected chi connectivity index (χ4v) is 3.41. The van der Waals surface area contributed by atoms with E-state index in [2.05, 4.69) is 5.32 Å². The van der Waals surface area contributed by atoms with Gasteiger partial charge in [0, 0.05) is 40.9 Å². The second-order valence-corrected chi connectivity index (χ2v) is 7.33. The molecule has 0 fully saturated rings. The van der Waals surface area contributed by atoms with Gasteiger partial charge in [-0.2, -0.15) is 0 Å². The van der Waals surface area contributed by atoms with Crippen molar-refractivity contribution in [2.45, 2.75) is 32.3 Å². The molecule has 4 rings (SSSR count). The predicted octanol–water partition coefficient (Wildman–Crippen LogP) is 4.03. The molecule has 2 N–H and O–H groups in total. The second kappa shape index (κ2) is 8.55. The Morgan fingerprint density at radius 3 is 2.70 bits per heavy atom. The standard InChI is InChI=1S/C24H23NO5/c1-2-18(26)13-25-23(27)9-8-16-10-17-11-19-20(15-6-4-3-5-7-15)14-29-22(19)12-21(17)30-24(16)28/h3-7,10-12,14,18,26H,2,8-9,13H2,1H3,(H,25,27). The lowest BCUT2D eigenvalue weighted by Crippen LogP contribution is -2.32. The molecule has 0 bridgehead atoms. The molecule has 0 spiro atoms. The molecule has 154 valence electrons. The van der Waals surface area contributed by atoms with Crippen LogP contribution in [0.3, 0.4) is 0 Å². The van der Waals surface area contributed by atoms with E-state index in [1.54, 1.807) is 18.4 Å². The highest BCUT2D eigenvalue weighted by Gasteiger charge is 2.13. The lowest BCUT2D eigenvalue weighted by atomic mass is 10.0. The number of carbonyl (C=O) groups excluding carboxylic acids is 1. The number of benzene rings is 2. The summed E-state index contributed by atoms with van der Waals surface area (Å²) in [7, 11) is 0. The highest BCUT2D eigenvalue weighted by atomic mass is 16.4. The van der Waals surface area contributed by atoms with Crippen molar-refractivity contribution in [2.75, 3.05) is 6.54 Å². The maximum Gasteiger partial charge on any atom is 0.339 e. The van der Waals surface area contributed by atoms with Gasteiger partial charge in [-0.1, -0.05) is 37.3 Å². The molecular formula is C24H23NO5. The fraction of sp³-hybridized carbons (Fsp3) is 0.250. The summed E-state index contributed by atoms with van der Waals surface area (Å²) < 4.78 is 11.2. The van der Waals surface area contributed by atoms with E-state index in [4.69, 9.17) is 8.83 Å². The van der Waals surface area contributed by atoms with Crippen LogP contribution in [0.5, 0.6) is 0 Å². The first kappa shape index (κ1) is 19.9. The van der Waals surface area contributed by atoms with Gasteiger partial charge in [-0.05, 0) is 30.5 Å². The summed E-state index contributed by atoms with van der Waals surface area (Å²) in [5, 5.41) is 13.9. The number of aliphatic hydroxyl groups excluding tert-OH is 1. The summed E-state index contributed by atoms with van der Waals surface area (Å²) in [6.45, 7) is 2.06. The number of amides is 1. The molecule has 2 aromatic carbocycles. The number of rotatable bonds is 7. The number of hydrogen-bond donors (Lipinski definition) is 2. The number of aliphatic hydroxyl groups is 1. The Labute approximate surface area is 173 Å². The summed E-state index contributed by atoms with van der Waals surface area (Å²) in [6, 6.07) is 15.4. The molecule has 1 amide bonds. The molecule has 0 aliphatic rings. The number of aryl methyl sites for hydroxylation is 1. The van der Waals surface area contributed by atoms with Gasteiger partial charge >= 0.3 is 5.63 Å². The lowest BCUT2D eigenvalue weighted by molar-refractivity contribution is -0.121. The number of carbonyl (C=O) groups is 1. The second-order valence-electron chi connectivity index (χ2n) is 7.33. The SMILES string of the molecule is CCC(O)CNC(=O)CCc1cc2cc3c(-c4ccccc4)coc3cc2oc1=O. The average Bonchev–Trinajstić information content (AvgIpc) is 3.17. The van der Waals surface area contributed by atoms with Gasteiger partial charge in [0.05, 0.1) is 12.4 Å². The fourth-order valence-electron chi connectivity index (χ4n) is 3.41. The monoisotopic (exact) mass is 405 g/mol. The Balaban J connectivity index is 1.61. The van der Waals surface area contributed by atoms with Crippen LogP contribution in [0.4, 0.5) is 0 Å². The molecule has 30 heavy (non-hydrogen) atoms. The lowest BCUT2D eigenvalue weighted by Gasteiger charge is -2.09. The van der Waals surface area contributed by atoms with Crippen LogP contribution in [0.2, 0.25) is 0 Å². The van der Waals surface area contributed by atoms with E-state index in [0.29, 0.717) is 23.2 Å². The van der Waals surface area contributed by atoms with E-state index < -0.39 is 11.7 Å². The number of hydrogen-bond acceptors (Lipinski definition) is 5. The molecule has 0 radical (unpaired) electrons. The Kier molecular flexibility index (Phi) is 5.68. The molecule has 6 nitrogen and oxygen atoms in total. The van der Waals surface area contributed by atoms with Crippen LogP contribution >= 0.6 is 0 Å². The maximum atomic E-state index is 12.4. The first-order valence-electron chi connectivity index (χ1n) is 10.0. The predicted molar refractivity (Wildman–Crippen MR) is 115 cm³/mol. The zero-order valence-electron chi connectivity index (χ0n) is 16.7. The molecule has 0 aliphatic heterocycles.